The Morgan fingerprint density at radius 2 is 1.15 bits per heavy atom. The number of fused-ring (bicyclic) bond motifs is 3. The second-order valence-corrected chi connectivity index (χ2v) is 10.1. The molecule has 0 unspecified atom stereocenters. The lowest BCUT2D eigenvalue weighted by Gasteiger charge is -2.28. The highest BCUT2D eigenvalue weighted by molar-refractivity contribution is 5.86. The van der Waals surface area contributed by atoms with E-state index in [0.29, 0.717) is 0 Å². The Kier molecular flexibility index (Phi) is 5.44. The lowest BCUT2D eigenvalue weighted by Crippen LogP contribution is -2.17. The van der Waals surface area contributed by atoms with Crippen molar-refractivity contribution in [1.29, 1.82) is 0 Å². The topological polar surface area (TPSA) is 3.24 Å². The second-order valence-electron chi connectivity index (χ2n) is 10.1. The van der Waals surface area contributed by atoms with Crippen LogP contribution in [-0.2, 0) is 5.41 Å². The maximum atomic E-state index is 4.28. The van der Waals surface area contributed by atoms with Gasteiger partial charge in [0.2, 0.25) is 0 Å². The predicted octanol–water partition coefficient (Wildman–Crippen LogP) is 9.50. The molecule has 1 heteroatoms. The van der Waals surface area contributed by atoms with Crippen molar-refractivity contribution in [2.24, 2.45) is 0 Å². The van der Waals surface area contributed by atoms with E-state index in [1.54, 1.807) is 0 Å². The molecule has 0 heterocycles. The summed E-state index contributed by atoms with van der Waals surface area (Å²) in [4.78, 5) is 2.36. The van der Waals surface area contributed by atoms with E-state index in [-0.39, 0.29) is 5.41 Å². The Bertz CT molecular complexity index is 1330. The maximum Gasteiger partial charge on any atom is 0.0465 e. The van der Waals surface area contributed by atoms with E-state index >= 15 is 0 Å². The summed E-state index contributed by atoms with van der Waals surface area (Å²) in [5.41, 5.74) is 13.9. The number of benzene rings is 4. The first-order valence-electron chi connectivity index (χ1n) is 12.2. The van der Waals surface area contributed by atoms with Gasteiger partial charge in [-0.15, -0.1) is 0 Å². The first-order valence-corrected chi connectivity index (χ1v) is 12.2. The number of allylic oxidation sites excluding steroid dienone is 1. The van der Waals surface area contributed by atoms with Gasteiger partial charge in [0.1, 0.15) is 0 Å². The highest BCUT2D eigenvalue weighted by Crippen LogP contribution is 2.51. The molecule has 0 aromatic heterocycles. The average Bonchev–Trinajstić information content (AvgIpc) is 3.07. The largest absolute Gasteiger partial charge is 0.310 e. The monoisotopic (exact) mass is 443 g/mol. The molecule has 0 bridgehead atoms. The maximum absolute atomic E-state index is 4.28. The van der Waals surface area contributed by atoms with Crippen molar-refractivity contribution < 1.29 is 0 Å². The lowest BCUT2D eigenvalue weighted by atomic mass is 9.81. The third-order valence-electron chi connectivity index (χ3n) is 7.34. The molecule has 1 aliphatic carbocycles. The summed E-state index contributed by atoms with van der Waals surface area (Å²) in [7, 11) is 0. The van der Waals surface area contributed by atoms with Crippen LogP contribution in [0.2, 0.25) is 0 Å². The van der Waals surface area contributed by atoms with Gasteiger partial charge in [-0.25, -0.2) is 0 Å². The highest BCUT2D eigenvalue weighted by Gasteiger charge is 2.36. The third kappa shape index (κ3) is 3.66. The van der Waals surface area contributed by atoms with Gasteiger partial charge in [0.15, 0.2) is 0 Å². The van der Waals surface area contributed by atoms with Crippen LogP contribution in [0.15, 0.2) is 91.5 Å². The summed E-state index contributed by atoms with van der Waals surface area (Å²) in [5.74, 6) is 0. The van der Waals surface area contributed by atoms with E-state index in [0.717, 1.165) is 6.42 Å². The van der Waals surface area contributed by atoms with Crippen molar-refractivity contribution in [2.75, 3.05) is 4.90 Å². The summed E-state index contributed by atoms with van der Waals surface area (Å²) in [6, 6.07) is 31.4. The van der Waals surface area contributed by atoms with Crippen LogP contribution in [-0.4, -0.2) is 0 Å². The minimum absolute atomic E-state index is 0.0725. The second kappa shape index (κ2) is 8.33. The minimum atomic E-state index is -0.0725. The molecule has 0 saturated carbocycles. The zero-order valence-electron chi connectivity index (χ0n) is 20.9. The predicted molar refractivity (Wildman–Crippen MR) is 147 cm³/mol. The SMILES string of the molecule is C=C(CC)c1ccc2c(c1)C(C)(C)c1cc(N(c3ccc(C)cc3)c3ccc(C)cc3)ccc1-2. The minimum Gasteiger partial charge on any atom is -0.310 e. The number of hydrogen-bond acceptors (Lipinski definition) is 1. The zero-order chi connectivity index (χ0) is 24.0. The van der Waals surface area contributed by atoms with Crippen molar-refractivity contribution in [3.8, 4) is 11.1 Å². The smallest absolute Gasteiger partial charge is 0.0465 e. The molecule has 0 fully saturated rings. The molecule has 34 heavy (non-hydrogen) atoms. The van der Waals surface area contributed by atoms with Crippen LogP contribution in [0.3, 0.4) is 0 Å². The van der Waals surface area contributed by atoms with E-state index in [1.165, 1.54) is 61.6 Å². The van der Waals surface area contributed by atoms with E-state index in [2.05, 4.69) is 131 Å². The van der Waals surface area contributed by atoms with E-state index in [4.69, 9.17) is 0 Å². The summed E-state index contributed by atoms with van der Waals surface area (Å²) in [5, 5.41) is 0. The van der Waals surface area contributed by atoms with Gasteiger partial charge in [-0.05, 0) is 96.1 Å². The summed E-state index contributed by atoms with van der Waals surface area (Å²) in [6.45, 7) is 15.4. The van der Waals surface area contributed by atoms with Gasteiger partial charge in [0, 0.05) is 22.5 Å². The van der Waals surface area contributed by atoms with Crippen molar-refractivity contribution >= 4 is 22.6 Å². The van der Waals surface area contributed by atoms with Crippen LogP contribution in [0, 0.1) is 13.8 Å². The third-order valence-corrected chi connectivity index (χ3v) is 7.34. The van der Waals surface area contributed by atoms with Crippen LogP contribution in [0.25, 0.3) is 16.7 Å². The Morgan fingerprint density at radius 3 is 1.68 bits per heavy atom. The molecule has 170 valence electrons. The number of hydrogen-bond donors (Lipinski definition) is 0. The molecule has 4 aromatic rings. The molecular formula is C33H33N. The molecular weight excluding hydrogens is 410 g/mol. The Hall–Kier alpha value is -3.58. The summed E-state index contributed by atoms with van der Waals surface area (Å²) < 4.78 is 0. The molecule has 0 aliphatic heterocycles. The highest BCUT2D eigenvalue weighted by atomic mass is 15.1. The van der Waals surface area contributed by atoms with Crippen LogP contribution in [0.5, 0.6) is 0 Å². The number of anilines is 3. The van der Waals surface area contributed by atoms with Crippen LogP contribution < -0.4 is 4.90 Å². The Labute approximate surface area is 204 Å². The Morgan fingerprint density at radius 1 is 0.676 bits per heavy atom. The fourth-order valence-electron chi connectivity index (χ4n) is 5.12. The molecule has 0 spiro atoms. The normalized spacial score (nSPS) is 13.3. The Balaban J connectivity index is 1.65. The van der Waals surface area contributed by atoms with E-state index in [9.17, 15) is 0 Å². The molecule has 0 radical (unpaired) electrons. The number of aryl methyl sites for hydroxylation is 2. The quantitative estimate of drug-likeness (QED) is 0.297. The standard InChI is InChI=1S/C33H33N/c1-7-24(4)25-12-18-29-30-19-17-28(21-32(30)33(5,6)31(29)20-25)34(26-13-8-22(2)9-14-26)27-15-10-23(3)11-16-27/h8-21H,4,7H2,1-3,5-6H3. The molecule has 1 aliphatic rings. The van der Waals surface area contributed by atoms with Gasteiger partial charge in [0.25, 0.3) is 0 Å². The molecule has 0 saturated heterocycles. The van der Waals surface area contributed by atoms with Crippen molar-refractivity contribution in [3.63, 3.8) is 0 Å². The number of rotatable bonds is 5. The summed E-state index contributed by atoms with van der Waals surface area (Å²) in [6.07, 6.45) is 0.971. The van der Waals surface area contributed by atoms with Gasteiger partial charge in [-0.1, -0.05) is 80.9 Å². The fourth-order valence-corrected chi connectivity index (χ4v) is 5.12. The van der Waals surface area contributed by atoms with Gasteiger partial charge in [0.05, 0.1) is 0 Å². The van der Waals surface area contributed by atoms with Gasteiger partial charge >= 0.3 is 0 Å². The van der Waals surface area contributed by atoms with Crippen molar-refractivity contribution in [3.05, 3.63) is 119 Å². The fraction of sp³-hybridized carbons (Fsp3) is 0.212. The summed E-state index contributed by atoms with van der Waals surface area (Å²) >= 11 is 0. The van der Waals surface area contributed by atoms with E-state index < -0.39 is 0 Å². The molecule has 0 N–H and O–H groups in total. The molecule has 0 atom stereocenters. The molecule has 1 nitrogen and oxygen atoms in total. The molecule has 4 aromatic carbocycles. The van der Waals surface area contributed by atoms with Gasteiger partial charge in [-0.3, -0.25) is 0 Å². The van der Waals surface area contributed by atoms with Crippen molar-refractivity contribution in [2.45, 2.75) is 46.5 Å². The number of nitrogens with zero attached hydrogens (tertiary/aromatic N) is 1. The lowest BCUT2D eigenvalue weighted by molar-refractivity contribution is 0.660. The average molecular weight is 444 g/mol. The van der Waals surface area contributed by atoms with Crippen LogP contribution in [0.1, 0.15) is 55.0 Å². The zero-order valence-corrected chi connectivity index (χ0v) is 20.9. The van der Waals surface area contributed by atoms with E-state index in [1.807, 2.05) is 0 Å². The van der Waals surface area contributed by atoms with Crippen LogP contribution in [0.4, 0.5) is 17.1 Å². The first kappa shape index (κ1) is 22.2. The van der Waals surface area contributed by atoms with Gasteiger partial charge < -0.3 is 4.90 Å². The molecule has 5 rings (SSSR count). The van der Waals surface area contributed by atoms with Gasteiger partial charge in [-0.2, -0.15) is 0 Å². The molecule has 0 amide bonds. The van der Waals surface area contributed by atoms with Crippen LogP contribution >= 0.6 is 0 Å². The van der Waals surface area contributed by atoms with Crippen molar-refractivity contribution in [1.82, 2.24) is 0 Å². The first-order chi connectivity index (χ1) is 16.3.